The molecule has 6 heteroatoms. The van der Waals surface area contributed by atoms with Crippen LogP contribution in [-0.2, 0) is 17.7 Å². The highest BCUT2D eigenvalue weighted by molar-refractivity contribution is 7.18. The maximum Gasteiger partial charge on any atom is 0.348 e. The summed E-state index contributed by atoms with van der Waals surface area (Å²) in [6.45, 7) is 8.84. The molecule has 0 saturated carbocycles. The molecule has 0 saturated heterocycles. The zero-order valence-corrected chi connectivity index (χ0v) is 17.2. The van der Waals surface area contributed by atoms with Crippen molar-refractivity contribution < 1.29 is 9.53 Å². The third-order valence-electron chi connectivity index (χ3n) is 4.52. The molecule has 1 heterocycles. The number of nitrogen functional groups attached to an aromatic ring is 1. The lowest BCUT2D eigenvalue weighted by Crippen LogP contribution is -2.26. The van der Waals surface area contributed by atoms with Gasteiger partial charge in [-0.15, -0.1) is 11.3 Å². The zero-order chi connectivity index (χ0) is 20.0. The molecule has 2 aromatic rings. The van der Waals surface area contributed by atoms with Crippen molar-refractivity contribution in [1.82, 2.24) is 5.32 Å². The average molecular weight is 386 g/mol. The average Bonchev–Trinajstić information content (AvgIpc) is 2.98. The number of aryl methyl sites for hydroxylation is 1. The number of rotatable bonds is 8. The second kappa shape index (κ2) is 9.54. The van der Waals surface area contributed by atoms with Crippen molar-refractivity contribution in [2.75, 3.05) is 12.3 Å². The molecule has 0 spiro atoms. The predicted octanol–water partition coefficient (Wildman–Crippen LogP) is 4.43. The van der Waals surface area contributed by atoms with E-state index in [4.69, 9.17) is 10.5 Å². The summed E-state index contributed by atoms with van der Waals surface area (Å²) in [5.41, 5.74) is 9.41. The first-order chi connectivity index (χ1) is 12.9. The Hall–Kier alpha value is -2.36. The molecule has 3 N–H and O–H groups in total. The Balaban J connectivity index is 2.28. The second-order valence-corrected chi connectivity index (χ2v) is 7.73. The molecule has 0 radical (unpaired) electrons. The van der Waals surface area contributed by atoms with Gasteiger partial charge in [-0.1, -0.05) is 45.0 Å². The van der Waals surface area contributed by atoms with Gasteiger partial charge in [-0.05, 0) is 30.4 Å². The van der Waals surface area contributed by atoms with Crippen LogP contribution in [0.15, 0.2) is 24.3 Å². The lowest BCUT2D eigenvalue weighted by molar-refractivity contribution is 0.0530. The van der Waals surface area contributed by atoms with Gasteiger partial charge in [0.15, 0.2) is 0 Å². The summed E-state index contributed by atoms with van der Waals surface area (Å²) in [6, 6.07) is 10.8. The van der Waals surface area contributed by atoms with Crippen LogP contribution in [0.5, 0.6) is 0 Å². The normalized spacial score (nSPS) is 12.0. The molecule has 2 rings (SSSR count). The summed E-state index contributed by atoms with van der Waals surface area (Å²) in [6.07, 6.45) is 1.00. The van der Waals surface area contributed by atoms with Gasteiger partial charge in [0.1, 0.15) is 15.9 Å². The molecule has 27 heavy (non-hydrogen) atoms. The Morgan fingerprint density at radius 1 is 1.30 bits per heavy atom. The highest BCUT2D eigenvalue weighted by Gasteiger charge is 2.24. The van der Waals surface area contributed by atoms with E-state index >= 15 is 0 Å². The van der Waals surface area contributed by atoms with E-state index < -0.39 is 5.97 Å². The second-order valence-electron chi connectivity index (χ2n) is 6.68. The molecule has 0 unspecified atom stereocenters. The van der Waals surface area contributed by atoms with Gasteiger partial charge in [0.05, 0.1) is 12.2 Å². The van der Waals surface area contributed by atoms with Crippen molar-refractivity contribution in [2.24, 2.45) is 5.92 Å². The first-order valence-electron chi connectivity index (χ1n) is 9.23. The fourth-order valence-corrected chi connectivity index (χ4v) is 3.98. The highest BCUT2D eigenvalue weighted by Crippen LogP contribution is 2.32. The molecular weight excluding hydrogens is 358 g/mol. The van der Waals surface area contributed by atoms with Crippen molar-refractivity contribution in [3.8, 4) is 6.07 Å². The van der Waals surface area contributed by atoms with E-state index in [1.165, 1.54) is 11.1 Å². The Kier molecular flexibility index (Phi) is 7.40. The number of benzene rings is 1. The van der Waals surface area contributed by atoms with Gasteiger partial charge in [-0.25, -0.2) is 4.79 Å². The van der Waals surface area contributed by atoms with Gasteiger partial charge in [0.2, 0.25) is 0 Å². The minimum absolute atomic E-state index is 0.0959. The molecule has 144 valence electrons. The molecule has 1 aromatic carbocycles. The molecular formula is C21H27N3O2S. The van der Waals surface area contributed by atoms with Crippen LogP contribution in [0.2, 0.25) is 0 Å². The number of esters is 1. The van der Waals surface area contributed by atoms with Gasteiger partial charge in [-0.3, -0.25) is 0 Å². The predicted molar refractivity (Wildman–Crippen MR) is 110 cm³/mol. The molecule has 0 bridgehead atoms. The summed E-state index contributed by atoms with van der Waals surface area (Å²) in [5, 5.41) is 13.3. The number of nitrogens with one attached hydrogen (secondary N) is 1. The van der Waals surface area contributed by atoms with Crippen molar-refractivity contribution >= 4 is 22.3 Å². The van der Waals surface area contributed by atoms with Crippen molar-refractivity contribution in [3.05, 3.63) is 51.4 Å². The number of nitrogens with zero attached hydrogens (tertiary/aromatic N) is 1. The third-order valence-corrected chi connectivity index (χ3v) is 5.56. The summed E-state index contributed by atoms with van der Waals surface area (Å²) in [5.74, 6) is -0.0917. The van der Waals surface area contributed by atoms with Crippen LogP contribution in [0, 0.1) is 17.2 Å². The van der Waals surface area contributed by atoms with Crippen LogP contribution in [-0.4, -0.2) is 12.6 Å². The van der Waals surface area contributed by atoms with Crippen LogP contribution < -0.4 is 11.1 Å². The zero-order valence-electron chi connectivity index (χ0n) is 16.3. The van der Waals surface area contributed by atoms with E-state index in [9.17, 15) is 10.1 Å². The number of thiophene rings is 1. The Bertz CT molecular complexity index is 819. The fraction of sp³-hybridized carbons (Fsp3) is 0.429. The first-order valence-corrected chi connectivity index (χ1v) is 10.0. The molecule has 5 nitrogen and oxygen atoms in total. The Morgan fingerprint density at radius 2 is 1.96 bits per heavy atom. The van der Waals surface area contributed by atoms with E-state index in [1.807, 2.05) is 0 Å². The van der Waals surface area contributed by atoms with Crippen LogP contribution in [0.1, 0.15) is 65.7 Å². The number of nitrogens with two attached hydrogens (primary N) is 1. The van der Waals surface area contributed by atoms with Gasteiger partial charge >= 0.3 is 5.97 Å². The molecule has 0 amide bonds. The highest BCUT2D eigenvalue weighted by atomic mass is 32.1. The Morgan fingerprint density at radius 3 is 2.48 bits per heavy atom. The van der Waals surface area contributed by atoms with Gasteiger partial charge in [0, 0.05) is 18.2 Å². The number of anilines is 1. The number of carbonyl (C=O) groups is 1. The van der Waals surface area contributed by atoms with E-state index in [0.717, 1.165) is 17.8 Å². The Labute approximate surface area is 165 Å². The van der Waals surface area contributed by atoms with Crippen LogP contribution in [0.25, 0.3) is 0 Å². The summed E-state index contributed by atoms with van der Waals surface area (Å²) in [4.78, 5) is 12.7. The minimum Gasteiger partial charge on any atom is -0.462 e. The SMILES string of the molecule is CCOC(=O)c1sc(N)c(C#N)c1CN[C@H](c1ccc(CC)cc1)C(C)C. The third kappa shape index (κ3) is 4.88. The largest absolute Gasteiger partial charge is 0.462 e. The lowest BCUT2D eigenvalue weighted by atomic mass is 9.94. The van der Waals surface area contributed by atoms with Crippen molar-refractivity contribution in [3.63, 3.8) is 0 Å². The first kappa shape index (κ1) is 20.9. The topological polar surface area (TPSA) is 88.1 Å². The summed E-state index contributed by atoms with van der Waals surface area (Å²) >= 11 is 1.12. The quantitative estimate of drug-likeness (QED) is 0.656. The smallest absolute Gasteiger partial charge is 0.348 e. The van der Waals surface area contributed by atoms with E-state index in [0.29, 0.717) is 33.5 Å². The number of hydrogen-bond acceptors (Lipinski definition) is 6. The maximum atomic E-state index is 12.3. The molecule has 0 fully saturated rings. The van der Waals surface area contributed by atoms with Gasteiger partial charge in [0.25, 0.3) is 0 Å². The summed E-state index contributed by atoms with van der Waals surface area (Å²) < 4.78 is 5.12. The number of hydrogen-bond donors (Lipinski definition) is 2. The molecule has 0 aliphatic rings. The minimum atomic E-state index is -0.430. The molecule has 1 atom stereocenters. The van der Waals surface area contributed by atoms with Gasteiger partial charge in [-0.2, -0.15) is 5.26 Å². The lowest BCUT2D eigenvalue weighted by Gasteiger charge is -2.23. The number of carbonyl (C=O) groups excluding carboxylic acids is 1. The van der Waals surface area contributed by atoms with Crippen LogP contribution in [0.4, 0.5) is 5.00 Å². The van der Waals surface area contributed by atoms with Crippen LogP contribution in [0.3, 0.4) is 0 Å². The van der Waals surface area contributed by atoms with Crippen LogP contribution >= 0.6 is 11.3 Å². The monoisotopic (exact) mass is 385 g/mol. The van der Waals surface area contributed by atoms with Crippen molar-refractivity contribution in [2.45, 2.75) is 46.7 Å². The standard InChI is InChI=1S/C21H27N3O2S/c1-5-14-7-9-15(10-8-14)18(13(3)4)24-12-17-16(11-22)20(23)27-19(17)21(25)26-6-2/h7-10,13,18,24H,5-6,12,23H2,1-4H3/t18-/m0/s1. The summed E-state index contributed by atoms with van der Waals surface area (Å²) in [7, 11) is 0. The van der Waals surface area contributed by atoms with E-state index in [1.54, 1.807) is 6.92 Å². The van der Waals surface area contributed by atoms with Crippen molar-refractivity contribution in [1.29, 1.82) is 5.26 Å². The molecule has 1 aromatic heterocycles. The number of nitriles is 1. The fourth-order valence-electron chi connectivity index (χ4n) is 3.05. The number of ether oxygens (including phenoxy) is 1. The molecule has 0 aliphatic heterocycles. The molecule has 0 aliphatic carbocycles. The van der Waals surface area contributed by atoms with E-state index in [2.05, 4.69) is 56.4 Å². The van der Waals surface area contributed by atoms with Gasteiger partial charge < -0.3 is 15.8 Å². The maximum absolute atomic E-state index is 12.3. The van der Waals surface area contributed by atoms with E-state index in [-0.39, 0.29) is 12.6 Å².